The van der Waals surface area contributed by atoms with Crippen molar-refractivity contribution >= 4 is 83.9 Å². The van der Waals surface area contributed by atoms with Crippen LogP contribution >= 0.6 is 72.0 Å². The lowest BCUT2D eigenvalue weighted by atomic mass is 9.94. The van der Waals surface area contributed by atoms with Gasteiger partial charge in [-0.1, -0.05) is 209 Å². The molecule has 7 heterocycles. The van der Waals surface area contributed by atoms with Crippen molar-refractivity contribution in [2.75, 3.05) is 89.9 Å². The van der Waals surface area contributed by atoms with E-state index in [0.717, 1.165) is 79.2 Å². The maximum atomic E-state index is 11.4. The van der Waals surface area contributed by atoms with E-state index in [9.17, 15) is 9.59 Å². The van der Waals surface area contributed by atoms with Crippen LogP contribution in [0.5, 0.6) is 0 Å². The highest BCUT2D eigenvalue weighted by Gasteiger charge is 2.64. The molecule has 0 bridgehead atoms. The predicted octanol–water partition coefficient (Wildman–Crippen LogP) is 15.8. The summed E-state index contributed by atoms with van der Waals surface area (Å²) < 4.78 is 14.2. The molecule has 7 saturated heterocycles. The molecule has 20 rings (SSSR count). The van der Waals surface area contributed by atoms with Crippen LogP contribution in [0.1, 0.15) is 116 Å². The van der Waals surface area contributed by atoms with Crippen LogP contribution in [0.2, 0.25) is 0 Å². The molecule has 0 aromatic heterocycles. The van der Waals surface area contributed by atoms with Crippen molar-refractivity contribution in [3.8, 4) is 18.2 Å². The van der Waals surface area contributed by atoms with Crippen molar-refractivity contribution in [3.05, 3.63) is 248 Å². The van der Waals surface area contributed by atoms with Gasteiger partial charge in [0, 0.05) is 60.4 Å². The highest BCUT2D eigenvalue weighted by atomic mass is 35.5. The number of aryl methyl sites for hydroxylation is 7. The number of epoxide rings is 3. The van der Waals surface area contributed by atoms with E-state index in [4.69, 9.17) is 75.0 Å². The van der Waals surface area contributed by atoms with Crippen LogP contribution in [-0.4, -0.2) is 130 Å². The summed E-state index contributed by atoms with van der Waals surface area (Å²) in [5.74, 6) is 3.99. The van der Waals surface area contributed by atoms with E-state index in [1.165, 1.54) is 97.5 Å². The molecule has 7 aromatic rings. The smallest absolute Gasteiger partial charge is 0.308 e. The average Bonchev–Trinajstić information content (AvgIpc) is 1.56. The second-order valence-electron chi connectivity index (χ2n) is 31.9. The third kappa shape index (κ3) is 22.2. The summed E-state index contributed by atoms with van der Waals surface area (Å²) in [6, 6.07) is 65.9. The summed E-state index contributed by atoms with van der Waals surface area (Å²) in [6.45, 7) is 25.4. The van der Waals surface area contributed by atoms with Crippen LogP contribution in [-0.2, 0) is 62.7 Å². The van der Waals surface area contributed by atoms with Gasteiger partial charge in [0.1, 0.15) is 0 Å². The van der Waals surface area contributed by atoms with Gasteiger partial charge in [0.25, 0.3) is 0 Å². The standard InChI is InChI=1S/C12H11NO2.2C12H13NO.3C12H15N.C9H9N.3C3H5ClO.3ClH/c1-8-2-4-9(5-3-8)12(7-13)6-10(12)11(14)15;1-8-2-4-9(5-3-8)12-6-10(12)11(14)13-7-12;1-9-2-4-10(5-3-9)12(8-13)6-11(12)7-14;3*1-9-2-4-10(5-3-9)12-6-11(12)7-13-8-12;1-8-2-4-9(5-3-8)6-7-10;3*4-1-3-2-5-3;;;/h2-5,10H,6H2,1H3,(H,14,15);2-5,10H,6-7H2,1H3,(H,13,14);2-5,11,14H,6-7H2,1H3;3*2-5,11,13H,6-8H2,1H3;2-5H,6H2,1H3;3*3H,1-2H2;3*1H/t;;;2*11?,12-;;;2*3-;;;;/m...10..10..../s1. The molecule has 0 spiro atoms. The van der Waals surface area contributed by atoms with Gasteiger partial charge in [-0.2, -0.15) is 15.8 Å². The maximum absolute atomic E-state index is 11.4. The summed E-state index contributed by atoms with van der Waals surface area (Å²) in [4.78, 5) is 22.2. The number of aliphatic carboxylic acids is 1. The summed E-state index contributed by atoms with van der Waals surface area (Å²) in [7, 11) is 0. The number of amides is 1. The second-order valence-corrected chi connectivity index (χ2v) is 32.8. The van der Waals surface area contributed by atoms with E-state index in [-0.39, 0.29) is 67.0 Å². The molecular weight excluding hydrogens is 1500 g/mol. The molecule has 588 valence electrons. The molecular formula is C90H109Cl6N7O7. The van der Waals surface area contributed by atoms with Crippen LogP contribution in [0, 0.1) is 118 Å². The Morgan fingerprint density at radius 1 is 0.436 bits per heavy atom. The molecule has 6 saturated carbocycles. The van der Waals surface area contributed by atoms with Crippen LogP contribution < -0.4 is 21.3 Å². The Kier molecular flexibility index (Phi) is 31.9. The largest absolute Gasteiger partial charge is 0.481 e. The zero-order valence-corrected chi connectivity index (χ0v) is 69.1. The number of nitriles is 3. The molecule has 1 amide bonds. The number of nitrogens with zero attached hydrogens (tertiary/aromatic N) is 3. The quantitative estimate of drug-likeness (QED) is 0.0494. The van der Waals surface area contributed by atoms with E-state index in [2.05, 4.69) is 164 Å². The predicted molar refractivity (Wildman–Crippen MR) is 447 cm³/mol. The third-order valence-corrected chi connectivity index (χ3v) is 24.9. The highest BCUT2D eigenvalue weighted by Crippen LogP contribution is 2.60. The lowest BCUT2D eigenvalue weighted by Gasteiger charge is -2.11. The number of aliphatic hydroxyl groups is 1. The van der Waals surface area contributed by atoms with Crippen molar-refractivity contribution in [1.29, 1.82) is 15.8 Å². The third-order valence-electron chi connectivity index (χ3n) is 23.9. The molecule has 7 aliphatic heterocycles. The number of hydrogen-bond donors (Lipinski definition) is 6. The van der Waals surface area contributed by atoms with Gasteiger partial charge in [0.05, 0.1) is 103 Å². The number of hydrogen-bond acceptors (Lipinski definition) is 12. The lowest BCUT2D eigenvalue weighted by molar-refractivity contribution is -0.138. The molecule has 14 nitrogen and oxygen atoms in total. The summed E-state index contributed by atoms with van der Waals surface area (Å²) in [5, 5.41) is 57.8. The molecule has 20 heteroatoms. The molecule has 0 radical (unpaired) electrons. The maximum Gasteiger partial charge on any atom is 0.308 e. The van der Waals surface area contributed by atoms with Gasteiger partial charge in [-0.3, -0.25) is 9.59 Å². The van der Waals surface area contributed by atoms with E-state index in [1.54, 1.807) is 16.7 Å². The van der Waals surface area contributed by atoms with Crippen molar-refractivity contribution in [1.82, 2.24) is 21.3 Å². The Hall–Kier alpha value is -6.59. The van der Waals surface area contributed by atoms with Crippen molar-refractivity contribution < 1.29 is 34.0 Å². The van der Waals surface area contributed by atoms with Crippen molar-refractivity contribution in [2.45, 2.75) is 144 Å². The normalized spacial score (nSPS) is 30.1. The number of aliphatic hydroxyl groups excluding tert-OH is 1. The Balaban J connectivity index is 0.000000156. The van der Waals surface area contributed by atoms with E-state index < -0.39 is 22.7 Å². The number of nitrogens with one attached hydrogen (secondary N) is 4. The first-order chi connectivity index (χ1) is 51.6. The number of carboxylic acid groups (broad SMARTS) is 1. The minimum Gasteiger partial charge on any atom is -0.481 e. The molecule has 110 heavy (non-hydrogen) atoms. The van der Waals surface area contributed by atoms with Crippen LogP contribution in [0.15, 0.2) is 170 Å². The Bertz CT molecular complexity index is 4050. The number of benzene rings is 7. The molecule has 6 N–H and O–H groups in total. The lowest BCUT2D eigenvalue weighted by Crippen LogP contribution is -2.22. The number of halogens is 6. The molecule has 13 aliphatic rings. The fraction of sp³-hybridized carbons (Fsp3) is 0.478. The number of carboxylic acids is 1. The zero-order chi connectivity index (χ0) is 76.2. The number of carbonyl (C=O) groups excluding carboxylic acids is 1. The number of ether oxygens (including phenoxy) is 3. The van der Waals surface area contributed by atoms with Gasteiger partial charge in [-0.15, -0.1) is 72.0 Å². The zero-order valence-electron chi connectivity index (χ0n) is 64.3. The Labute approximate surface area is 685 Å². The minimum absolute atomic E-state index is 0. The van der Waals surface area contributed by atoms with E-state index in [0.29, 0.717) is 65.0 Å². The number of fused-ring (bicyclic) bond motifs is 4. The Morgan fingerprint density at radius 3 is 0.936 bits per heavy atom. The fourth-order valence-corrected chi connectivity index (χ4v) is 16.2. The number of carbonyl (C=O) groups is 2. The Morgan fingerprint density at radius 2 is 0.736 bits per heavy atom. The number of piperidine rings is 4. The molecule has 6 aliphatic carbocycles. The monoisotopic (exact) mass is 1610 g/mol. The first-order valence-electron chi connectivity index (χ1n) is 38.1. The van der Waals surface area contributed by atoms with Crippen LogP contribution in [0.25, 0.3) is 0 Å². The first kappa shape index (κ1) is 89.0. The summed E-state index contributed by atoms with van der Waals surface area (Å²) in [5.41, 5.74) is 18.4. The minimum atomic E-state index is -0.878. The van der Waals surface area contributed by atoms with Gasteiger partial charge < -0.3 is 45.7 Å². The molecule has 15 atom stereocenters. The van der Waals surface area contributed by atoms with Crippen molar-refractivity contribution in [2.24, 2.45) is 35.5 Å². The average molecular weight is 1610 g/mol. The number of alkyl halides is 3. The van der Waals surface area contributed by atoms with Gasteiger partial charge >= 0.3 is 5.97 Å². The first-order valence-corrected chi connectivity index (χ1v) is 39.7. The molecule has 7 aromatic carbocycles. The topological polar surface area (TPSA) is 232 Å². The molecule has 11 unspecified atom stereocenters. The van der Waals surface area contributed by atoms with Crippen LogP contribution in [0.4, 0.5) is 0 Å². The van der Waals surface area contributed by atoms with Crippen LogP contribution in [0.3, 0.4) is 0 Å². The SMILES string of the molecule is Cc1ccc(C2(C#N)CC2C(=O)O)cc1.Cc1ccc(C2(C#N)CC2CO)cc1.Cc1ccc(C23CNC(=O)C2C3)cc1.Cc1ccc(C23CNCC2C3)cc1.Cc1ccc(CC#N)cc1.Cc1ccc([C@@]23CNCC2C3)cc1.Cc1ccc([C@]23CNCC2C3)cc1.Cl.Cl.Cl.ClCC1CO1.ClC[C@@H]1CO1.ClC[C@H]1CO1. The van der Waals surface area contributed by atoms with E-state index in [1.807, 2.05) is 93.6 Å². The van der Waals surface area contributed by atoms with Gasteiger partial charge in [0.2, 0.25) is 5.91 Å². The van der Waals surface area contributed by atoms with E-state index >= 15 is 0 Å². The summed E-state index contributed by atoms with van der Waals surface area (Å²) >= 11 is 15.8. The van der Waals surface area contributed by atoms with Gasteiger partial charge in [0.15, 0.2) is 0 Å². The van der Waals surface area contributed by atoms with Gasteiger partial charge in [-0.05, 0) is 163 Å². The summed E-state index contributed by atoms with van der Waals surface area (Å²) in [6.07, 6.45) is 8.20. The number of rotatable bonds is 12. The fourth-order valence-electron chi connectivity index (χ4n) is 15.7. The second kappa shape index (κ2) is 39.4. The van der Waals surface area contributed by atoms with Crippen molar-refractivity contribution in [3.63, 3.8) is 0 Å². The molecule has 13 fully saturated rings. The highest BCUT2D eigenvalue weighted by molar-refractivity contribution is 6.18. The van der Waals surface area contributed by atoms with Gasteiger partial charge in [-0.25, -0.2) is 0 Å².